The van der Waals surface area contributed by atoms with Gasteiger partial charge in [-0.1, -0.05) is 107 Å². The SMILES string of the molecule is CCCCCCCCCCCCc1ccc(N(C(=O)c2ccc3ccccc3c2O)c2ccc(C(=O)O)cc2)cc1. The number of aryl methyl sites for hydroxylation is 1. The largest absolute Gasteiger partial charge is 0.506 e. The van der Waals surface area contributed by atoms with Crippen LogP contribution in [-0.2, 0) is 6.42 Å². The predicted octanol–water partition coefficient (Wildman–Crippen LogP) is 9.69. The highest BCUT2D eigenvalue weighted by Crippen LogP contribution is 2.34. The maximum absolute atomic E-state index is 13.9. The van der Waals surface area contributed by atoms with Crippen molar-refractivity contribution in [3.8, 4) is 5.75 Å². The van der Waals surface area contributed by atoms with Gasteiger partial charge in [0.15, 0.2) is 0 Å². The Morgan fingerprint density at radius 2 is 1.22 bits per heavy atom. The highest BCUT2D eigenvalue weighted by molar-refractivity contribution is 6.14. The molecular formula is C36H41NO4. The number of aromatic carboxylic acids is 1. The summed E-state index contributed by atoms with van der Waals surface area (Å²) in [5.74, 6) is -1.49. The summed E-state index contributed by atoms with van der Waals surface area (Å²) in [6.45, 7) is 2.25. The quantitative estimate of drug-likeness (QED) is 0.144. The first-order chi connectivity index (χ1) is 20.0. The molecule has 4 aromatic carbocycles. The van der Waals surface area contributed by atoms with E-state index in [2.05, 4.69) is 19.1 Å². The van der Waals surface area contributed by atoms with Crippen LogP contribution < -0.4 is 4.90 Å². The third-order valence-corrected chi connectivity index (χ3v) is 7.72. The Labute approximate surface area is 243 Å². The minimum atomic E-state index is -1.03. The summed E-state index contributed by atoms with van der Waals surface area (Å²) < 4.78 is 0. The standard InChI is InChI=1S/C36H41NO4/c1-2-3-4-5-6-7-8-9-10-11-14-27-17-22-30(23-18-27)37(31-24-19-29(20-25-31)36(40)41)35(39)33-26-21-28-15-12-13-16-32(28)34(33)38/h12-13,15-26,38H,2-11,14H2,1H3,(H,40,41). The number of rotatable bonds is 15. The third kappa shape index (κ3) is 7.97. The summed E-state index contributed by atoms with van der Waals surface area (Å²) in [6, 6.07) is 25.0. The van der Waals surface area contributed by atoms with E-state index in [1.165, 1.54) is 80.4 Å². The number of carboxylic acids is 1. The second kappa shape index (κ2) is 15.0. The van der Waals surface area contributed by atoms with Crippen LogP contribution in [0.25, 0.3) is 10.8 Å². The summed E-state index contributed by atoms with van der Waals surface area (Å²) in [6.07, 6.45) is 14.0. The smallest absolute Gasteiger partial charge is 0.335 e. The van der Waals surface area contributed by atoms with Gasteiger partial charge in [0.25, 0.3) is 5.91 Å². The van der Waals surface area contributed by atoms with Crippen LogP contribution in [0, 0.1) is 0 Å². The van der Waals surface area contributed by atoms with Crippen molar-refractivity contribution in [1.82, 2.24) is 0 Å². The molecular weight excluding hydrogens is 510 g/mol. The molecule has 1 amide bonds. The number of hydrogen-bond donors (Lipinski definition) is 2. The molecule has 0 heterocycles. The van der Waals surface area contributed by atoms with Gasteiger partial charge in [-0.25, -0.2) is 4.79 Å². The van der Waals surface area contributed by atoms with Crippen molar-refractivity contribution in [2.75, 3.05) is 4.90 Å². The van der Waals surface area contributed by atoms with Gasteiger partial charge in [0, 0.05) is 16.8 Å². The third-order valence-electron chi connectivity index (χ3n) is 7.72. The molecule has 5 nitrogen and oxygen atoms in total. The molecule has 0 fully saturated rings. The number of phenols is 1. The van der Waals surface area contributed by atoms with Gasteiger partial charge in [0.1, 0.15) is 5.75 Å². The molecule has 2 N–H and O–H groups in total. The van der Waals surface area contributed by atoms with Crippen molar-refractivity contribution in [1.29, 1.82) is 0 Å². The number of carbonyl (C=O) groups excluding carboxylic acids is 1. The van der Waals surface area contributed by atoms with E-state index < -0.39 is 11.9 Å². The number of carbonyl (C=O) groups is 2. The lowest BCUT2D eigenvalue weighted by Crippen LogP contribution is -2.26. The maximum atomic E-state index is 13.9. The fourth-order valence-electron chi connectivity index (χ4n) is 5.31. The number of hydrogen-bond acceptors (Lipinski definition) is 3. The molecule has 0 bridgehead atoms. The lowest BCUT2D eigenvalue weighted by Gasteiger charge is -2.24. The van der Waals surface area contributed by atoms with Crippen molar-refractivity contribution in [3.05, 3.63) is 102 Å². The molecule has 214 valence electrons. The Bertz CT molecular complexity index is 1430. The number of anilines is 2. The van der Waals surface area contributed by atoms with Crippen molar-refractivity contribution in [3.63, 3.8) is 0 Å². The lowest BCUT2D eigenvalue weighted by molar-refractivity contribution is 0.0696. The normalized spacial score (nSPS) is 11.0. The fraction of sp³-hybridized carbons (Fsp3) is 0.333. The Hall–Kier alpha value is -4.12. The van der Waals surface area contributed by atoms with Crippen LogP contribution in [0.1, 0.15) is 97.4 Å². The molecule has 5 heteroatoms. The summed E-state index contributed by atoms with van der Waals surface area (Å²) in [4.78, 5) is 26.9. The molecule has 0 spiro atoms. The van der Waals surface area contributed by atoms with Crippen LogP contribution in [0.2, 0.25) is 0 Å². The van der Waals surface area contributed by atoms with E-state index >= 15 is 0 Å². The zero-order valence-electron chi connectivity index (χ0n) is 24.0. The van der Waals surface area contributed by atoms with E-state index in [9.17, 15) is 19.8 Å². The highest BCUT2D eigenvalue weighted by Gasteiger charge is 2.24. The van der Waals surface area contributed by atoms with Gasteiger partial charge in [-0.15, -0.1) is 0 Å². The number of phenolic OH excluding ortho intramolecular Hbond substituents is 1. The lowest BCUT2D eigenvalue weighted by atomic mass is 10.0. The van der Waals surface area contributed by atoms with E-state index in [4.69, 9.17) is 0 Å². The van der Waals surface area contributed by atoms with Crippen LogP contribution in [0.5, 0.6) is 5.75 Å². The van der Waals surface area contributed by atoms with Crippen LogP contribution >= 0.6 is 0 Å². The monoisotopic (exact) mass is 551 g/mol. The number of nitrogens with zero attached hydrogens (tertiary/aromatic N) is 1. The first kappa shape index (κ1) is 29.9. The van der Waals surface area contributed by atoms with Crippen LogP contribution in [0.15, 0.2) is 84.9 Å². The highest BCUT2D eigenvalue weighted by atomic mass is 16.4. The van der Waals surface area contributed by atoms with Gasteiger partial charge in [-0.05, 0) is 66.3 Å². The first-order valence-electron chi connectivity index (χ1n) is 15.0. The summed E-state index contributed by atoms with van der Waals surface area (Å²) >= 11 is 0. The minimum Gasteiger partial charge on any atom is -0.506 e. The Morgan fingerprint density at radius 1 is 0.659 bits per heavy atom. The van der Waals surface area contributed by atoms with Crippen molar-refractivity contribution >= 4 is 34.0 Å². The molecule has 0 saturated heterocycles. The van der Waals surface area contributed by atoms with Gasteiger partial charge in [0.05, 0.1) is 11.1 Å². The van der Waals surface area contributed by atoms with E-state index in [-0.39, 0.29) is 16.9 Å². The number of carboxylic acid groups (broad SMARTS) is 1. The maximum Gasteiger partial charge on any atom is 0.335 e. The average molecular weight is 552 g/mol. The molecule has 0 aliphatic carbocycles. The topological polar surface area (TPSA) is 77.8 Å². The van der Waals surface area contributed by atoms with E-state index in [0.29, 0.717) is 16.8 Å². The van der Waals surface area contributed by atoms with Gasteiger partial charge < -0.3 is 10.2 Å². The van der Waals surface area contributed by atoms with Crippen LogP contribution in [0.3, 0.4) is 0 Å². The molecule has 4 rings (SSSR count). The summed E-state index contributed by atoms with van der Waals surface area (Å²) in [7, 11) is 0. The summed E-state index contributed by atoms with van der Waals surface area (Å²) in [5, 5.41) is 21.8. The minimum absolute atomic E-state index is 0.0714. The van der Waals surface area contributed by atoms with Gasteiger partial charge in [-0.2, -0.15) is 0 Å². The molecule has 0 aliphatic heterocycles. The Morgan fingerprint density at radius 3 is 1.83 bits per heavy atom. The molecule has 4 aromatic rings. The van der Waals surface area contributed by atoms with Crippen molar-refractivity contribution in [2.45, 2.75) is 77.6 Å². The molecule has 0 unspecified atom stereocenters. The zero-order valence-corrected chi connectivity index (χ0v) is 24.0. The fourth-order valence-corrected chi connectivity index (χ4v) is 5.31. The molecule has 0 radical (unpaired) electrons. The van der Waals surface area contributed by atoms with E-state index in [1.54, 1.807) is 24.3 Å². The van der Waals surface area contributed by atoms with Crippen LogP contribution in [-0.4, -0.2) is 22.1 Å². The number of unbranched alkanes of at least 4 members (excludes halogenated alkanes) is 9. The Kier molecular flexibility index (Phi) is 10.9. The molecule has 41 heavy (non-hydrogen) atoms. The summed E-state index contributed by atoms with van der Waals surface area (Å²) in [5.41, 5.74) is 2.71. The Balaban J connectivity index is 1.46. The molecule has 0 aromatic heterocycles. The van der Waals surface area contributed by atoms with Gasteiger partial charge in [0.2, 0.25) is 0 Å². The number of aromatic hydroxyl groups is 1. The molecule has 0 aliphatic rings. The molecule has 0 atom stereocenters. The number of fused-ring (bicyclic) bond motifs is 1. The van der Waals surface area contributed by atoms with E-state index in [1.807, 2.05) is 36.4 Å². The average Bonchev–Trinajstić information content (AvgIpc) is 2.99. The second-order valence-corrected chi connectivity index (χ2v) is 10.8. The van der Waals surface area contributed by atoms with Gasteiger partial charge in [-0.3, -0.25) is 9.69 Å². The number of amides is 1. The van der Waals surface area contributed by atoms with Gasteiger partial charge >= 0.3 is 5.97 Å². The predicted molar refractivity (Wildman–Crippen MR) is 167 cm³/mol. The van der Waals surface area contributed by atoms with E-state index in [0.717, 1.165) is 18.2 Å². The van der Waals surface area contributed by atoms with Crippen molar-refractivity contribution < 1.29 is 19.8 Å². The number of benzene rings is 4. The zero-order chi connectivity index (χ0) is 29.0. The first-order valence-corrected chi connectivity index (χ1v) is 15.0. The second-order valence-electron chi connectivity index (χ2n) is 10.8. The van der Waals surface area contributed by atoms with Crippen molar-refractivity contribution in [2.24, 2.45) is 0 Å². The molecule has 0 saturated carbocycles. The van der Waals surface area contributed by atoms with Crippen LogP contribution in [0.4, 0.5) is 11.4 Å².